The van der Waals surface area contributed by atoms with Crippen LogP contribution >= 0.6 is 0 Å². The van der Waals surface area contributed by atoms with Crippen molar-refractivity contribution < 1.29 is 29.4 Å². The number of carboxylic acid groups (broad SMARTS) is 2. The first-order chi connectivity index (χ1) is 18.2. The second-order valence-corrected chi connectivity index (χ2v) is 8.72. The van der Waals surface area contributed by atoms with E-state index >= 15 is 0 Å². The first-order valence-corrected chi connectivity index (χ1v) is 12.0. The van der Waals surface area contributed by atoms with Crippen LogP contribution in [0.25, 0.3) is 0 Å². The van der Waals surface area contributed by atoms with Crippen molar-refractivity contribution in [2.45, 2.75) is 25.7 Å². The number of ketones is 2. The van der Waals surface area contributed by atoms with Crippen LogP contribution in [0.2, 0.25) is 0 Å². The van der Waals surface area contributed by atoms with Gasteiger partial charge in [0, 0.05) is 22.3 Å². The zero-order valence-electron chi connectivity index (χ0n) is 21.1. The number of carboxylic acids is 2. The largest absolute Gasteiger partial charge is 0.481 e. The van der Waals surface area contributed by atoms with Gasteiger partial charge in [-0.1, -0.05) is 103 Å². The third-order valence-electron chi connectivity index (χ3n) is 6.13. The molecule has 6 heteroatoms. The summed E-state index contributed by atoms with van der Waals surface area (Å²) in [5.74, 6) is -3.41. The van der Waals surface area contributed by atoms with Crippen LogP contribution < -0.4 is 0 Å². The Balaban J connectivity index is 0.000000211. The standard InChI is InChI=1S/2C16H14O3/c1-11(16(18)19)13-9-5-6-10-14(13)15(17)12-7-3-2-4-8-12;1-11(16(18)19)13-8-5-9-14(10-13)15(17)12-6-3-2-4-7-12/h2*2-11H,1H3,(H,18,19). The molecule has 38 heavy (non-hydrogen) atoms. The van der Waals surface area contributed by atoms with Crippen LogP contribution in [0.15, 0.2) is 109 Å². The topological polar surface area (TPSA) is 109 Å². The monoisotopic (exact) mass is 508 g/mol. The Hall–Kier alpha value is -4.84. The Kier molecular flexibility index (Phi) is 9.43. The number of carbonyl (C=O) groups is 4. The molecular weight excluding hydrogens is 480 g/mol. The minimum Gasteiger partial charge on any atom is -0.481 e. The van der Waals surface area contributed by atoms with Crippen molar-refractivity contribution in [2.24, 2.45) is 0 Å². The summed E-state index contributed by atoms with van der Waals surface area (Å²) in [6.07, 6.45) is 0. The van der Waals surface area contributed by atoms with Crippen LogP contribution in [0.1, 0.15) is 68.7 Å². The maximum atomic E-state index is 12.4. The van der Waals surface area contributed by atoms with Crippen LogP contribution in [0, 0.1) is 0 Å². The number of aliphatic carboxylic acids is 2. The van der Waals surface area contributed by atoms with Gasteiger partial charge in [0.05, 0.1) is 11.8 Å². The minimum absolute atomic E-state index is 0.0972. The fraction of sp³-hybridized carbons (Fsp3) is 0.125. The van der Waals surface area contributed by atoms with Crippen LogP contribution in [-0.4, -0.2) is 33.7 Å². The van der Waals surface area contributed by atoms with E-state index in [0.29, 0.717) is 33.4 Å². The molecule has 4 aromatic rings. The molecule has 2 N–H and O–H groups in total. The van der Waals surface area contributed by atoms with E-state index in [4.69, 9.17) is 10.2 Å². The van der Waals surface area contributed by atoms with E-state index in [0.717, 1.165) is 0 Å². The maximum Gasteiger partial charge on any atom is 0.310 e. The minimum atomic E-state index is -0.937. The summed E-state index contributed by atoms with van der Waals surface area (Å²) in [6, 6.07) is 31.4. The molecule has 0 bridgehead atoms. The second kappa shape index (κ2) is 12.9. The molecule has 6 nitrogen and oxygen atoms in total. The van der Waals surface area contributed by atoms with Gasteiger partial charge in [-0.3, -0.25) is 19.2 Å². The van der Waals surface area contributed by atoms with E-state index in [1.807, 2.05) is 12.1 Å². The zero-order valence-corrected chi connectivity index (χ0v) is 21.1. The maximum absolute atomic E-state index is 12.4. The third kappa shape index (κ3) is 6.89. The van der Waals surface area contributed by atoms with Crippen molar-refractivity contribution in [1.29, 1.82) is 0 Å². The quantitative estimate of drug-likeness (QED) is 0.274. The summed E-state index contributed by atoms with van der Waals surface area (Å²) in [6.45, 7) is 3.19. The predicted molar refractivity (Wildman–Crippen MR) is 145 cm³/mol. The van der Waals surface area contributed by atoms with Gasteiger partial charge < -0.3 is 10.2 Å². The van der Waals surface area contributed by atoms with E-state index in [9.17, 15) is 19.2 Å². The Morgan fingerprint density at radius 3 is 1.55 bits per heavy atom. The van der Waals surface area contributed by atoms with Crippen LogP contribution in [0.5, 0.6) is 0 Å². The summed E-state index contributed by atoms with van der Waals surface area (Å²) in [4.78, 5) is 46.7. The molecule has 0 aromatic heterocycles. The number of hydrogen-bond donors (Lipinski definition) is 2. The lowest BCUT2D eigenvalue weighted by atomic mass is 9.91. The number of carbonyl (C=O) groups excluding carboxylic acids is 2. The normalized spacial score (nSPS) is 11.8. The van der Waals surface area contributed by atoms with Crippen molar-refractivity contribution >= 4 is 23.5 Å². The smallest absolute Gasteiger partial charge is 0.310 e. The average Bonchev–Trinajstić information content (AvgIpc) is 2.96. The van der Waals surface area contributed by atoms with Gasteiger partial charge in [0.25, 0.3) is 0 Å². The average molecular weight is 509 g/mol. The second-order valence-electron chi connectivity index (χ2n) is 8.72. The van der Waals surface area contributed by atoms with Crippen molar-refractivity contribution in [3.63, 3.8) is 0 Å². The highest BCUT2D eigenvalue weighted by Gasteiger charge is 2.21. The summed E-state index contributed by atoms with van der Waals surface area (Å²) in [7, 11) is 0. The highest BCUT2D eigenvalue weighted by atomic mass is 16.4. The molecule has 0 amide bonds. The summed E-state index contributed by atoms with van der Waals surface area (Å²) in [5, 5.41) is 18.1. The molecule has 0 aliphatic carbocycles. The van der Waals surface area contributed by atoms with Gasteiger partial charge in [0.15, 0.2) is 11.6 Å². The summed E-state index contributed by atoms with van der Waals surface area (Å²) < 4.78 is 0. The Morgan fingerprint density at radius 2 is 1.00 bits per heavy atom. The number of rotatable bonds is 8. The molecule has 2 atom stereocenters. The van der Waals surface area contributed by atoms with Gasteiger partial charge in [0.1, 0.15) is 0 Å². The van der Waals surface area contributed by atoms with Gasteiger partial charge in [-0.2, -0.15) is 0 Å². The van der Waals surface area contributed by atoms with Crippen LogP contribution in [0.3, 0.4) is 0 Å². The van der Waals surface area contributed by atoms with Crippen LogP contribution in [-0.2, 0) is 9.59 Å². The van der Waals surface area contributed by atoms with Gasteiger partial charge in [-0.15, -0.1) is 0 Å². The molecule has 0 heterocycles. The molecule has 0 spiro atoms. The molecule has 4 rings (SSSR count). The van der Waals surface area contributed by atoms with Crippen molar-refractivity contribution in [3.05, 3.63) is 143 Å². The Labute approximate surface area is 221 Å². The molecule has 0 saturated heterocycles. The van der Waals surface area contributed by atoms with E-state index < -0.39 is 23.8 Å². The van der Waals surface area contributed by atoms with Crippen LogP contribution in [0.4, 0.5) is 0 Å². The first-order valence-electron chi connectivity index (χ1n) is 12.0. The predicted octanol–water partition coefficient (Wildman–Crippen LogP) is 6.21. The molecule has 4 aromatic carbocycles. The zero-order chi connectivity index (χ0) is 27.7. The molecule has 0 fully saturated rings. The number of hydrogen-bond acceptors (Lipinski definition) is 4. The van der Waals surface area contributed by atoms with Crippen molar-refractivity contribution in [3.8, 4) is 0 Å². The highest BCUT2D eigenvalue weighted by Crippen LogP contribution is 2.23. The van der Waals surface area contributed by atoms with E-state index in [2.05, 4.69) is 0 Å². The Bertz CT molecular complexity index is 1430. The fourth-order valence-electron chi connectivity index (χ4n) is 3.81. The molecule has 2 unspecified atom stereocenters. The molecule has 0 saturated carbocycles. The first kappa shape index (κ1) is 27.7. The fourth-order valence-corrected chi connectivity index (χ4v) is 3.81. The summed E-state index contributed by atoms with van der Waals surface area (Å²) >= 11 is 0. The molecule has 0 aliphatic rings. The van der Waals surface area contributed by atoms with Gasteiger partial charge in [-0.25, -0.2) is 0 Å². The lowest BCUT2D eigenvalue weighted by Gasteiger charge is -2.12. The third-order valence-corrected chi connectivity index (χ3v) is 6.13. The SMILES string of the molecule is CC(C(=O)O)c1cccc(C(=O)c2ccccc2)c1.CC(C(=O)O)c1ccccc1C(=O)c1ccccc1. The van der Waals surface area contributed by atoms with E-state index in [-0.39, 0.29) is 11.6 Å². The lowest BCUT2D eigenvalue weighted by Crippen LogP contribution is -2.13. The molecule has 0 radical (unpaired) electrons. The number of benzene rings is 4. The highest BCUT2D eigenvalue weighted by molar-refractivity contribution is 6.10. The van der Waals surface area contributed by atoms with E-state index in [1.54, 1.807) is 111 Å². The van der Waals surface area contributed by atoms with Gasteiger partial charge >= 0.3 is 11.9 Å². The van der Waals surface area contributed by atoms with Gasteiger partial charge in [0.2, 0.25) is 0 Å². The Morgan fingerprint density at radius 1 is 0.526 bits per heavy atom. The molecular formula is C32H28O6. The lowest BCUT2D eigenvalue weighted by molar-refractivity contribution is -0.139. The van der Waals surface area contributed by atoms with Crippen molar-refractivity contribution in [1.82, 2.24) is 0 Å². The van der Waals surface area contributed by atoms with E-state index in [1.165, 1.54) is 0 Å². The molecule has 192 valence electrons. The van der Waals surface area contributed by atoms with Gasteiger partial charge in [-0.05, 0) is 31.0 Å². The molecule has 0 aliphatic heterocycles. The van der Waals surface area contributed by atoms with Crippen molar-refractivity contribution in [2.75, 3.05) is 0 Å². The summed E-state index contributed by atoms with van der Waals surface area (Å²) in [5.41, 5.74) is 3.30.